The first-order valence-electron chi connectivity index (χ1n) is 5.70. The summed E-state index contributed by atoms with van der Waals surface area (Å²) in [6.45, 7) is 3.81. The highest BCUT2D eigenvalue weighted by Gasteiger charge is 2.14. The number of hydrogen-bond acceptors (Lipinski definition) is 2. The Balaban J connectivity index is 2.64. The van der Waals surface area contributed by atoms with Gasteiger partial charge in [0.2, 0.25) is 5.91 Å². The van der Waals surface area contributed by atoms with Crippen LogP contribution in [0.15, 0.2) is 18.2 Å². The summed E-state index contributed by atoms with van der Waals surface area (Å²) in [6.07, 6.45) is -0.0144. The topological polar surface area (TPSA) is 29.5 Å². The molecule has 1 aromatic rings. The quantitative estimate of drug-likeness (QED) is 0.826. The normalized spacial score (nSPS) is 10.8. The molecule has 1 aromatic carbocycles. The minimum Gasteiger partial charge on any atom is -0.369 e. The maximum atomic E-state index is 13.5. The second-order valence-corrected chi connectivity index (χ2v) is 4.72. The second-order valence-electron chi connectivity index (χ2n) is 4.31. The van der Waals surface area contributed by atoms with Crippen LogP contribution in [0.1, 0.15) is 19.4 Å². The Morgan fingerprint density at radius 2 is 2.17 bits per heavy atom. The van der Waals surface area contributed by atoms with Crippen molar-refractivity contribution in [3.05, 3.63) is 34.6 Å². The summed E-state index contributed by atoms with van der Waals surface area (Å²) >= 11 is 5.90. The molecule has 100 valence electrons. The average Bonchev–Trinajstić information content (AvgIpc) is 2.30. The summed E-state index contributed by atoms with van der Waals surface area (Å²) < 4.78 is 18.7. The molecule has 0 fully saturated rings. The first-order chi connectivity index (χ1) is 8.41. The number of rotatable bonds is 5. The molecular formula is C13H17ClFNO2. The van der Waals surface area contributed by atoms with Crippen molar-refractivity contribution in [2.24, 2.45) is 0 Å². The zero-order valence-corrected chi connectivity index (χ0v) is 11.5. The molecule has 0 saturated heterocycles. The Morgan fingerprint density at radius 3 is 2.72 bits per heavy atom. The molecule has 0 bridgehead atoms. The maximum Gasteiger partial charge on any atom is 0.248 e. The summed E-state index contributed by atoms with van der Waals surface area (Å²) in [6, 6.07) is 4.46. The standard InChI is InChI=1S/C13H17ClFNO2/c1-9(2)18-8-13(17)16(3)7-10-11(14)5-4-6-12(10)15/h4-6,9H,7-8H2,1-3H3. The molecule has 1 rings (SSSR count). The van der Waals surface area contributed by atoms with Crippen LogP contribution in [-0.4, -0.2) is 30.6 Å². The molecule has 0 aliphatic carbocycles. The molecule has 0 aromatic heterocycles. The van der Waals surface area contributed by atoms with E-state index in [4.69, 9.17) is 16.3 Å². The predicted octanol–water partition coefficient (Wildman–Crippen LogP) is 2.86. The van der Waals surface area contributed by atoms with E-state index < -0.39 is 5.82 Å². The van der Waals surface area contributed by atoms with Gasteiger partial charge in [-0.1, -0.05) is 17.7 Å². The van der Waals surface area contributed by atoms with Crippen LogP contribution in [-0.2, 0) is 16.1 Å². The van der Waals surface area contributed by atoms with Crippen molar-refractivity contribution in [3.63, 3.8) is 0 Å². The lowest BCUT2D eigenvalue weighted by Crippen LogP contribution is -2.31. The van der Waals surface area contributed by atoms with Gasteiger partial charge in [0.25, 0.3) is 0 Å². The predicted molar refractivity (Wildman–Crippen MR) is 69.0 cm³/mol. The van der Waals surface area contributed by atoms with Crippen LogP contribution in [0.5, 0.6) is 0 Å². The lowest BCUT2D eigenvalue weighted by molar-refractivity contribution is -0.136. The smallest absolute Gasteiger partial charge is 0.248 e. The van der Waals surface area contributed by atoms with Crippen molar-refractivity contribution in [2.75, 3.05) is 13.7 Å². The van der Waals surface area contributed by atoms with Crippen LogP contribution in [0.3, 0.4) is 0 Å². The number of carbonyl (C=O) groups is 1. The van der Waals surface area contributed by atoms with Gasteiger partial charge in [-0.05, 0) is 26.0 Å². The van der Waals surface area contributed by atoms with E-state index in [0.717, 1.165) is 0 Å². The van der Waals surface area contributed by atoms with Gasteiger partial charge in [0.15, 0.2) is 0 Å². The number of carbonyl (C=O) groups excluding carboxylic acids is 1. The van der Waals surface area contributed by atoms with Gasteiger partial charge < -0.3 is 9.64 Å². The first-order valence-corrected chi connectivity index (χ1v) is 6.08. The van der Waals surface area contributed by atoms with Gasteiger partial charge in [-0.15, -0.1) is 0 Å². The van der Waals surface area contributed by atoms with E-state index in [0.29, 0.717) is 10.6 Å². The van der Waals surface area contributed by atoms with Gasteiger partial charge in [-0.2, -0.15) is 0 Å². The number of ether oxygens (including phenoxy) is 1. The molecule has 0 atom stereocenters. The third-order valence-corrected chi connectivity index (χ3v) is 2.78. The molecule has 0 saturated carbocycles. The Kier molecular flexibility index (Phi) is 5.56. The number of halogens is 2. The van der Waals surface area contributed by atoms with E-state index in [1.807, 2.05) is 13.8 Å². The van der Waals surface area contributed by atoms with Crippen molar-refractivity contribution in [1.82, 2.24) is 4.90 Å². The zero-order valence-electron chi connectivity index (χ0n) is 10.7. The van der Waals surface area contributed by atoms with Crippen molar-refractivity contribution in [3.8, 4) is 0 Å². The van der Waals surface area contributed by atoms with Crippen molar-refractivity contribution in [1.29, 1.82) is 0 Å². The van der Waals surface area contributed by atoms with E-state index in [-0.39, 0.29) is 25.2 Å². The highest BCUT2D eigenvalue weighted by molar-refractivity contribution is 6.31. The van der Waals surface area contributed by atoms with Crippen LogP contribution in [0, 0.1) is 5.82 Å². The number of amides is 1. The monoisotopic (exact) mass is 273 g/mol. The van der Waals surface area contributed by atoms with E-state index in [1.165, 1.54) is 17.0 Å². The van der Waals surface area contributed by atoms with Crippen LogP contribution >= 0.6 is 11.6 Å². The highest BCUT2D eigenvalue weighted by atomic mass is 35.5. The summed E-state index contributed by atoms with van der Waals surface area (Å²) in [5, 5.41) is 0.319. The molecule has 0 aliphatic heterocycles. The molecular weight excluding hydrogens is 257 g/mol. The summed E-state index contributed by atoms with van der Waals surface area (Å²) in [5.74, 6) is -0.616. The first kappa shape index (κ1) is 14.9. The molecule has 0 radical (unpaired) electrons. The Bertz CT molecular complexity index is 403. The van der Waals surface area contributed by atoms with Crippen molar-refractivity contribution in [2.45, 2.75) is 26.5 Å². The zero-order chi connectivity index (χ0) is 13.7. The largest absolute Gasteiger partial charge is 0.369 e. The molecule has 3 nitrogen and oxygen atoms in total. The average molecular weight is 274 g/mol. The summed E-state index contributed by atoms with van der Waals surface area (Å²) in [7, 11) is 1.59. The lowest BCUT2D eigenvalue weighted by Gasteiger charge is -2.19. The van der Waals surface area contributed by atoms with E-state index in [1.54, 1.807) is 13.1 Å². The van der Waals surface area contributed by atoms with E-state index in [9.17, 15) is 9.18 Å². The fourth-order valence-corrected chi connectivity index (χ4v) is 1.58. The summed E-state index contributed by atoms with van der Waals surface area (Å²) in [5.41, 5.74) is 0.319. The molecule has 5 heteroatoms. The van der Waals surface area contributed by atoms with Crippen LogP contribution < -0.4 is 0 Å². The number of hydrogen-bond donors (Lipinski definition) is 0. The van der Waals surface area contributed by atoms with E-state index in [2.05, 4.69) is 0 Å². The van der Waals surface area contributed by atoms with Crippen molar-refractivity contribution >= 4 is 17.5 Å². The molecule has 0 spiro atoms. The SMILES string of the molecule is CC(C)OCC(=O)N(C)Cc1c(F)cccc1Cl. The fourth-order valence-electron chi connectivity index (χ4n) is 1.36. The summed E-state index contributed by atoms with van der Waals surface area (Å²) in [4.78, 5) is 13.1. The van der Waals surface area contributed by atoms with Crippen LogP contribution in [0.25, 0.3) is 0 Å². The fraction of sp³-hybridized carbons (Fsp3) is 0.462. The Labute approximate surface area is 111 Å². The number of nitrogens with zero attached hydrogens (tertiary/aromatic N) is 1. The minimum absolute atomic E-state index is 0.0137. The van der Waals surface area contributed by atoms with Gasteiger partial charge in [0.1, 0.15) is 12.4 Å². The molecule has 1 amide bonds. The molecule has 18 heavy (non-hydrogen) atoms. The molecule has 0 aliphatic rings. The Morgan fingerprint density at radius 1 is 1.50 bits per heavy atom. The molecule has 0 N–H and O–H groups in total. The van der Waals surface area contributed by atoms with Crippen LogP contribution in [0.4, 0.5) is 4.39 Å². The number of likely N-dealkylation sites (N-methyl/N-ethyl adjacent to an activating group) is 1. The molecule has 0 heterocycles. The highest BCUT2D eigenvalue weighted by Crippen LogP contribution is 2.20. The van der Waals surface area contributed by atoms with Crippen molar-refractivity contribution < 1.29 is 13.9 Å². The van der Waals surface area contributed by atoms with Gasteiger partial charge in [0, 0.05) is 24.2 Å². The number of benzene rings is 1. The van der Waals surface area contributed by atoms with Gasteiger partial charge >= 0.3 is 0 Å². The second kappa shape index (κ2) is 6.71. The van der Waals surface area contributed by atoms with Gasteiger partial charge in [-0.25, -0.2) is 4.39 Å². The molecule has 0 unspecified atom stereocenters. The van der Waals surface area contributed by atoms with Crippen LogP contribution in [0.2, 0.25) is 5.02 Å². The third kappa shape index (κ3) is 4.27. The third-order valence-electron chi connectivity index (χ3n) is 2.42. The lowest BCUT2D eigenvalue weighted by atomic mass is 10.2. The minimum atomic E-state index is -0.410. The maximum absolute atomic E-state index is 13.5. The Hall–Kier alpha value is -1.13. The van der Waals surface area contributed by atoms with Gasteiger partial charge in [-0.3, -0.25) is 4.79 Å². The van der Waals surface area contributed by atoms with Gasteiger partial charge in [0.05, 0.1) is 6.10 Å². The van der Waals surface area contributed by atoms with E-state index >= 15 is 0 Å².